The molecule has 1 fully saturated rings. The number of carbonyl (C=O) groups is 1. The van der Waals surface area contributed by atoms with Crippen LogP contribution in [-0.4, -0.2) is 87.5 Å². The molecule has 2 N–H and O–H groups in total. The maximum absolute atomic E-state index is 13.9. The molecule has 3 aliphatic heterocycles. The number of anilines is 3. The lowest BCUT2D eigenvalue weighted by atomic mass is 10.1. The first kappa shape index (κ1) is 31.5. The van der Waals surface area contributed by atoms with Gasteiger partial charge < -0.3 is 34.3 Å². The quantitative estimate of drug-likeness (QED) is 0.264. The second-order valence-electron chi connectivity index (χ2n) is 11.4. The molecular formula is C34H34BrN7O6. The normalized spacial score (nSPS) is 16.4. The minimum absolute atomic E-state index is 0.106. The highest BCUT2D eigenvalue weighted by atomic mass is 79.9. The number of methoxy groups -OCH3 is 3. The maximum Gasteiger partial charge on any atom is 0.278 e. The Bertz CT molecular complexity index is 1890. The van der Waals surface area contributed by atoms with Crippen molar-refractivity contribution in [1.29, 1.82) is 0 Å². The second-order valence-corrected chi connectivity index (χ2v) is 12.3. The highest BCUT2D eigenvalue weighted by molar-refractivity contribution is 9.10. The summed E-state index contributed by atoms with van der Waals surface area (Å²) < 4.78 is 28.2. The molecule has 0 radical (unpaired) electrons. The number of aliphatic imine (C=N–C) groups is 1. The van der Waals surface area contributed by atoms with Crippen LogP contribution in [0.3, 0.4) is 0 Å². The summed E-state index contributed by atoms with van der Waals surface area (Å²) in [7, 11) is 4.69. The number of benzene rings is 3. The molecule has 3 aliphatic rings. The van der Waals surface area contributed by atoms with Gasteiger partial charge in [0.15, 0.2) is 23.0 Å². The zero-order chi connectivity index (χ0) is 33.4. The molecule has 0 atom stereocenters. The number of fused-ring (bicyclic) bond motifs is 2. The zero-order valence-corrected chi connectivity index (χ0v) is 28.3. The van der Waals surface area contributed by atoms with E-state index in [2.05, 4.69) is 46.8 Å². The van der Waals surface area contributed by atoms with Crippen molar-refractivity contribution in [2.75, 3.05) is 76.5 Å². The molecule has 1 aromatic heterocycles. The number of carbonyl (C=O) groups excluding carboxylic acids is 1. The van der Waals surface area contributed by atoms with E-state index >= 15 is 0 Å². The van der Waals surface area contributed by atoms with Crippen LogP contribution in [0.25, 0.3) is 0 Å². The minimum atomic E-state index is -0.218. The number of hydrogen-bond donors (Lipinski definition) is 1. The van der Waals surface area contributed by atoms with Gasteiger partial charge in [-0.05, 0) is 48.0 Å². The van der Waals surface area contributed by atoms with Crippen molar-refractivity contribution >= 4 is 50.7 Å². The molecule has 4 aromatic rings. The van der Waals surface area contributed by atoms with Gasteiger partial charge in [0.1, 0.15) is 11.5 Å². The van der Waals surface area contributed by atoms with Crippen LogP contribution in [0, 0.1) is 0 Å². The number of amides is 1. The standard InChI is InChI=1S/C34H34BrN7O6/c1-44-28-13-20(14-29(45-2)31(28)46-3)12-21-17-37-34(39-32(21)36)38-30-24-15-22(35)4-6-25(24)42(33(30)43)18-40-8-10-41(11-9-40)23-5-7-26-27(16-23)48-19-47-26/h4-7,13-17H,8-12,18-19H2,1-3H3,(H2,36,37,39)/b38-30-. The summed E-state index contributed by atoms with van der Waals surface area (Å²) in [5.74, 6) is 3.27. The Morgan fingerprint density at radius 3 is 2.40 bits per heavy atom. The Balaban J connectivity index is 1.08. The number of hydrogen-bond acceptors (Lipinski definition) is 12. The van der Waals surface area contributed by atoms with E-state index in [4.69, 9.17) is 29.4 Å². The van der Waals surface area contributed by atoms with Crippen LogP contribution in [0.4, 0.5) is 23.1 Å². The number of rotatable bonds is 9. The molecule has 3 aromatic carbocycles. The molecule has 0 unspecified atom stereocenters. The van der Waals surface area contributed by atoms with Gasteiger partial charge in [0, 0.05) is 66.2 Å². The van der Waals surface area contributed by atoms with E-state index in [1.54, 1.807) is 32.4 Å². The van der Waals surface area contributed by atoms with Crippen molar-refractivity contribution in [2.24, 2.45) is 4.99 Å². The summed E-state index contributed by atoms with van der Waals surface area (Å²) in [5.41, 5.74) is 10.8. The van der Waals surface area contributed by atoms with Gasteiger partial charge in [0.25, 0.3) is 11.9 Å². The average molecular weight is 717 g/mol. The summed E-state index contributed by atoms with van der Waals surface area (Å²) in [5, 5.41) is 0. The van der Waals surface area contributed by atoms with Gasteiger partial charge in [0.05, 0.1) is 33.7 Å². The highest BCUT2D eigenvalue weighted by Crippen LogP contribution is 2.39. The van der Waals surface area contributed by atoms with E-state index in [0.29, 0.717) is 41.5 Å². The smallest absolute Gasteiger partial charge is 0.278 e. The fourth-order valence-corrected chi connectivity index (χ4v) is 6.48. The summed E-state index contributed by atoms with van der Waals surface area (Å²) in [6.07, 6.45) is 2.05. The maximum atomic E-state index is 13.9. The molecule has 7 rings (SSSR count). The van der Waals surface area contributed by atoms with Crippen LogP contribution in [-0.2, 0) is 11.2 Å². The molecule has 0 aliphatic carbocycles. The van der Waals surface area contributed by atoms with Crippen LogP contribution >= 0.6 is 15.9 Å². The molecule has 14 heteroatoms. The Kier molecular flexibility index (Phi) is 8.67. The topological polar surface area (TPSA) is 137 Å². The van der Waals surface area contributed by atoms with Gasteiger partial charge in [0.2, 0.25) is 12.5 Å². The average Bonchev–Trinajstić information content (AvgIpc) is 3.67. The van der Waals surface area contributed by atoms with Gasteiger partial charge in [-0.1, -0.05) is 15.9 Å². The Labute approximate surface area is 286 Å². The molecule has 0 saturated carbocycles. The Hall–Kier alpha value is -5.08. The monoisotopic (exact) mass is 715 g/mol. The second kappa shape index (κ2) is 13.2. The lowest BCUT2D eigenvalue weighted by Gasteiger charge is -2.37. The molecular weight excluding hydrogens is 682 g/mol. The number of nitrogen functional groups attached to an aromatic ring is 1. The fraction of sp³-hybridized carbons (Fsp3) is 0.294. The van der Waals surface area contributed by atoms with E-state index in [1.165, 1.54) is 0 Å². The summed E-state index contributed by atoms with van der Waals surface area (Å²) in [4.78, 5) is 33.8. The Morgan fingerprint density at radius 2 is 1.69 bits per heavy atom. The van der Waals surface area contributed by atoms with Gasteiger partial charge in [-0.15, -0.1) is 0 Å². The third kappa shape index (κ3) is 6.04. The highest BCUT2D eigenvalue weighted by Gasteiger charge is 2.36. The van der Waals surface area contributed by atoms with E-state index in [-0.39, 0.29) is 30.2 Å². The first-order chi connectivity index (χ1) is 23.3. The van der Waals surface area contributed by atoms with Gasteiger partial charge in [-0.3, -0.25) is 14.6 Å². The molecule has 13 nitrogen and oxygen atoms in total. The number of nitrogens with two attached hydrogens (primary N) is 1. The molecule has 1 saturated heterocycles. The number of ether oxygens (including phenoxy) is 5. The van der Waals surface area contributed by atoms with E-state index in [0.717, 1.165) is 59.1 Å². The summed E-state index contributed by atoms with van der Waals surface area (Å²) in [6.45, 7) is 3.86. The third-order valence-corrected chi connectivity index (χ3v) is 9.10. The van der Waals surface area contributed by atoms with E-state index in [9.17, 15) is 4.79 Å². The molecule has 48 heavy (non-hydrogen) atoms. The van der Waals surface area contributed by atoms with Crippen LogP contribution in [0.1, 0.15) is 16.7 Å². The van der Waals surface area contributed by atoms with Crippen molar-refractivity contribution < 1.29 is 28.5 Å². The van der Waals surface area contributed by atoms with Gasteiger partial charge >= 0.3 is 0 Å². The van der Waals surface area contributed by atoms with E-state index < -0.39 is 0 Å². The Morgan fingerprint density at radius 1 is 0.938 bits per heavy atom. The molecule has 248 valence electrons. The summed E-state index contributed by atoms with van der Waals surface area (Å²) >= 11 is 3.55. The third-order valence-electron chi connectivity index (χ3n) is 8.60. The molecule has 0 bridgehead atoms. The first-order valence-corrected chi connectivity index (χ1v) is 16.1. The first-order valence-electron chi connectivity index (χ1n) is 15.3. The zero-order valence-electron chi connectivity index (χ0n) is 26.7. The van der Waals surface area contributed by atoms with Gasteiger partial charge in [-0.25, -0.2) is 9.98 Å². The van der Waals surface area contributed by atoms with Crippen LogP contribution in [0.2, 0.25) is 0 Å². The largest absolute Gasteiger partial charge is 0.493 e. The molecule has 1 amide bonds. The van der Waals surface area contributed by atoms with Crippen LogP contribution in [0.15, 0.2) is 64.2 Å². The number of aromatic nitrogens is 2. The fourth-order valence-electron chi connectivity index (χ4n) is 6.12. The van der Waals surface area contributed by atoms with Crippen LogP contribution in [0.5, 0.6) is 28.7 Å². The lowest BCUT2D eigenvalue weighted by Crippen LogP contribution is -2.51. The van der Waals surface area contributed by atoms with Crippen molar-refractivity contribution in [3.63, 3.8) is 0 Å². The van der Waals surface area contributed by atoms with Gasteiger partial charge in [-0.2, -0.15) is 4.98 Å². The molecule has 0 spiro atoms. The SMILES string of the molecule is COc1cc(Cc2cnc(/N=C3\C(=O)N(CN4CCN(c5ccc6c(c5)OCO6)CC4)c4ccc(Br)cc43)nc2N)cc(OC)c1OC. The number of piperazine rings is 1. The van der Waals surface area contributed by atoms with Crippen molar-refractivity contribution in [1.82, 2.24) is 14.9 Å². The minimum Gasteiger partial charge on any atom is -0.493 e. The van der Waals surface area contributed by atoms with Crippen molar-refractivity contribution in [3.8, 4) is 28.7 Å². The lowest BCUT2D eigenvalue weighted by molar-refractivity contribution is -0.112. The number of halogens is 1. The van der Waals surface area contributed by atoms with Crippen molar-refractivity contribution in [3.05, 3.63) is 75.9 Å². The van der Waals surface area contributed by atoms with E-state index in [1.807, 2.05) is 42.5 Å². The van der Waals surface area contributed by atoms with Crippen molar-refractivity contribution in [2.45, 2.75) is 6.42 Å². The number of nitrogens with zero attached hydrogens (tertiary/aromatic N) is 6. The van der Waals surface area contributed by atoms with Crippen LogP contribution < -0.4 is 39.2 Å². The predicted molar refractivity (Wildman–Crippen MR) is 184 cm³/mol. The predicted octanol–water partition coefficient (Wildman–Crippen LogP) is 4.41. The summed E-state index contributed by atoms with van der Waals surface area (Å²) in [6, 6.07) is 15.5. The molecule has 4 heterocycles.